The number of carbonyl (C=O) groups is 3. The van der Waals surface area contributed by atoms with Gasteiger partial charge in [0.25, 0.3) is 11.7 Å². The Morgan fingerprint density at radius 1 is 0.943 bits per heavy atom. The molecule has 0 fully saturated rings. The van der Waals surface area contributed by atoms with E-state index in [2.05, 4.69) is 37.9 Å². The summed E-state index contributed by atoms with van der Waals surface area (Å²) in [5.41, 5.74) is 9.54. The average Bonchev–Trinajstić information content (AvgIpc) is 2.82. The highest BCUT2D eigenvalue weighted by atomic mass is 127. The third-order valence-electron chi connectivity index (χ3n) is 4.95. The fraction of sp³-hybridized carbons (Fsp3) is 0.192. The highest BCUT2D eigenvalue weighted by Gasteiger charge is 2.39. The topological polar surface area (TPSA) is 115 Å². The molecule has 1 N–H and O–H groups in total. The van der Waals surface area contributed by atoms with E-state index in [0.717, 1.165) is 0 Å². The molecule has 3 rings (SSSR count). The van der Waals surface area contributed by atoms with Crippen molar-refractivity contribution in [1.29, 1.82) is 0 Å². The molecule has 1 unspecified atom stereocenters. The van der Waals surface area contributed by atoms with E-state index in [9.17, 15) is 14.4 Å². The Bertz CT molecular complexity index is 1300. The minimum atomic E-state index is -1.29. The number of halogens is 1. The van der Waals surface area contributed by atoms with Gasteiger partial charge in [-0.05, 0) is 66.6 Å². The van der Waals surface area contributed by atoms with Crippen molar-refractivity contribution in [2.24, 2.45) is 5.11 Å². The minimum absolute atomic E-state index is 0.181. The Hall–Kier alpha value is -3.69. The van der Waals surface area contributed by atoms with Gasteiger partial charge in [0.1, 0.15) is 6.04 Å². The summed E-state index contributed by atoms with van der Waals surface area (Å²) in [7, 11) is 0. The number of amides is 2. The molecule has 2 amide bonds. The fourth-order valence-electron chi connectivity index (χ4n) is 3.53. The second kappa shape index (κ2) is 11.2. The summed E-state index contributed by atoms with van der Waals surface area (Å²) in [4.78, 5) is 45.0. The Balaban J connectivity index is 2.29. The first kappa shape index (κ1) is 25.9. The molecule has 8 nitrogen and oxygen atoms in total. The lowest BCUT2D eigenvalue weighted by molar-refractivity contribution is -0.126. The molecule has 1 atom stereocenters. The summed E-state index contributed by atoms with van der Waals surface area (Å²) in [6.45, 7) is 5.44. The number of anilines is 1. The third kappa shape index (κ3) is 6.26. The molecular formula is C26H24IN5O3. The molecule has 9 heteroatoms. The molecule has 178 valence electrons. The van der Waals surface area contributed by atoms with E-state index < -0.39 is 29.2 Å². The first-order valence-electron chi connectivity index (χ1n) is 10.8. The predicted molar refractivity (Wildman–Crippen MR) is 143 cm³/mol. The summed E-state index contributed by atoms with van der Waals surface area (Å²) in [6, 6.07) is 20.4. The van der Waals surface area contributed by atoms with E-state index in [1.54, 1.807) is 78.9 Å². The lowest BCUT2D eigenvalue weighted by Crippen LogP contribution is -2.51. The van der Waals surface area contributed by atoms with Gasteiger partial charge in [0.05, 0.1) is 5.69 Å². The van der Waals surface area contributed by atoms with Gasteiger partial charge in [-0.3, -0.25) is 19.3 Å². The number of hydrogen-bond acceptors (Lipinski definition) is 4. The molecule has 0 spiro atoms. The number of ketones is 1. The van der Waals surface area contributed by atoms with Crippen LogP contribution in [0.3, 0.4) is 0 Å². The van der Waals surface area contributed by atoms with Crippen LogP contribution in [0.15, 0.2) is 84.0 Å². The van der Waals surface area contributed by atoms with Crippen LogP contribution in [0.5, 0.6) is 0 Å². The van der Waals surface area contributed by atoms with Crippen LogP contribution < -0.4 is 10.2 Å². The van der Waals surface area contributed by atoms with E-state index >= 15 is 0 Å². The van der Waals surface area contributed by atoms with Gasteiger partial charge in [0, 0.05) is 25.3 Å². The van der Waals surface area contributed by atoms with E-state index in [1.165, 1.54) is 4.90 Å². The standard InChI is InChI=1S/C26H24IN5O3/c1-26(2,3)29-24(34)22(18-13-7-9-15-20(18)30-31-28)32(21-16-10-8-14-19(21)27)25(35)23(33)17-11-5-4-6-12-17/h4-16,22H,1-3H3,(H,29,34). The molecular weight excluding hydrogens is 557 g/mol. The number of nitrogens with zero attached hydrogens (tertiary/aromatic N) is 4. The van der Waals surface area contributed by atoms with Crippen LogP contribution >= 0.6 is 22.6 Å². The monoisotopic (exact) mass is 581 g/mol. The molecule has 3 aromatic carbocycles. The lowest BCUT2D eigenvalue weighted by Gasteiger charge is -2.34. The van der Waals surface area contributed by atoms with Crippen molar-refractivity contribution in [3.05, 3.63) is 104 Å². The molecule has 0 bridgehead atoms. The number of carbonyl (C=O) groups excluding carboxylic acids is 3. The zero-order valence-corrected chi connectivity index (χ0v) is 21.6. The highest BCUT2D eigenvalue weighted by Crippen LogP contribution is 2.36. The molecule has 0 aromatic heterocycles. The van der Waals surface area contributed by atoms with E-state index in [1.807, 2.05) is 20.8 Å². The summed E-state index contributed by atoms with van der Waals surface area (Å²) < 4.78 is 0.661. The zero-order valence-electron chi connectivity index (χ0n) is 19.5. The number of azide groups is 1. The van der Waals surface area contributed by atoms with Crippen molar-refractivity contribution in [2.75, 3.05) is 4.90 Å². The van der Waals surface area contributed by atoms with Gasteiger partial charge in [0.2, 0.25) is 5.91 Å². The summed E-state index contributed by atoms with van der Waals surface area (Å²) in [5, 5.41) is 6.65. The summed E-state index contributed by atoms with van der Waals surface area (Å²) in [6.07, 6.45) is 0. The molecule has 0 aliphatic carbocycles. The number of rotatable bonds is 7. The van der Waals surface area contributed by atoms with Crippen LogP contribution in [0, 0.1) is 3.57 Å². The van der Waals surface area contributed by atoms with Crippen molar-refractivity contribution >= 4 is 51.6 Å². The normalized spacial score (nSPS) is 11.7. The van der Waals surface area contributed by atoms with Gasteiger partial charge < -0.3 is 5.32 Å². The van der Waals surface area contributed by atoms with E-state index in [4.69, 9.17) is 5.53 Å². The van der Waals surface area contributed by atoms with Gasteiger partial charge in [-0.15, -0.1) is 0 Å². The molecule has 35 heavy (non-hydrogen) atoms. The molecule has 0 saturated carbocycles. The van der Waals surface area contributed by atoms with Gasteiger partial charge in [-0.2, -0.15) is 0 Å². The fourth-order valence-corrected chi connectivity index (χ4v) is 4.18. The van der Waals surface area contributed by atoms with Crippen LogP contribution in [0.1, 0.15) is 42.7 Å². The Kier molecular flexibility index (Phi) is 8.26. The van der Waals surface area contributed by atoms with Crippen LogP contribution in [-0.2, 0) is 9.59 Å². The van der Waals surface area contributed by atoms with E-state index in [0.29, 0.717) is 14.8 Å². The van der Waals surface area contributed by atoms with Crippen molar-refractivity contribution < 1.29 is 14.4 Å². The number of nitrogens with one attached hydrogen (secondary N) is 1. The summed E-state index contributed by atoms with van der Waals surface area (Å²) in [5.74, 6) is -2.17. The van der Waals surface area contributed by atoms with Crippen molar-refractivity contribution in [2.45, 2.75) is 32.4 Å². The molecule has 0 heterocycles. The SMILES string of the molecule is CC(C)(C)NC(=O)C(c1ccccc1N=[N+]=[N-])N(C(=O)C(=O)c1ccccc1)c1ccccc1I. The maximum absolute atomic E-state index is 13.8. The van der Waals surface area contributed by atoms with Crippen LogP contribution in [0.2, 0.25) is 0 Å². The average molecular weight is 581 g/mol. The first-order chi connectivity index (χ1) is 16.6. The molecule has 3 aromatic rings. The van der Waals surface area contributed by atoms with Gasteiger partial charge in [-0.25, -0.2) is 0 Å². The van der Waals surface area contributed by atoms with Gasteiger partial charge in [0.15, 0.2) is 0 Å². The molecule has 0 aliphatic rings. The Morgan fingerprint density at radius 2 is 1.54 bits per heavy atom. The maximum Gasteiger partial charge on any atom is 0.300 e. The van der Waals surface area contributed by atoms with Crippen molar-refractivity contribution in [1.82, 2.24) is 5.32 Å². The smallest absolute Gasteiger partial charge is 0.300 e. The number of para-hydroxylation sites is 1. The van der Waals surface area contributed by atoms with Crippen LogP contribution in [-0.4, -0.2) is 23.1 Å². The predicted octanol–water partition coefficient (Wildman–Crippen LogP) is 6.10. The van der Waals surface area contributed by atoms with Crippen LogP contribution in [0.4, 0.5) is 11.4 Å². The molecule has 0 aliphatic heterocycles. The second-order valence-corrected chi connectivity index (χ2v) is 9.87. The Morgan fingerprint density at radius 3 is 2.17 bits per heavy atom. The van der Waals surface area contributed by atoms with Gasteiger partial charge >= 0.3 is 0 Å². The van der Waals surface area contributed by atoms with Crippen molar-refractivity contribution in [3.63, 3.8) is 0 Å². The van der Waals surface area contributed by atoms with Crippen molar-refractivity contribution in [3.8, 4) is 0 Å². The second-order valence-electron chi connectivity index (χ2n) is 8.71. The quantitative estimate of drug-likeness (QED) is 0.0907. The summed E-state index contributed by atoms with van der Waals surface area (Å²) >= 11 is 2.06. The number of hydrogen-bond donors (Lipinski definition) is 1. The maximum atomic E-state index is 13.8. The Labute approximate surface area is 217 Å². The minimum Gasteiger partial charge on any atom is -0.349 e. The molecule has 0 radical (unpaired) electrons. The highest BCUT2D eigenvalue weighted by molar-refractivity contribution is 14.1. The largest absolute Gasteiger partial charge is 0.349 e. The van der Waals surface area contributed by atoms with E-state index in [-0.39, 0.29) is 11.3 Å². The van der Waals surface area contributed by atoms with Crippen LogP contribution in [0.25, 0.3) is 10.4 Å². The zero-order chi connectivity index (χ0) is 25.6. The van der Waals surface area contributed by atoms with Gasteiger partial charge in [-0.1, -0.05) is 71.8 Å². The number of Topliss-reactive ketones (excluding diaryl/α,β-unsaturated/α-hetero) is 1. The first-order valence-corrected chi connectivity index (χ1v) is 11.9. The third-order valence-corrected chi connectivity index (χ3v) is 5.86. The molecule has 0 saturated heterocycles. The number of benzene rings is 3. The lowest BCUT2D eigenvalue weighted by atomic mass is 9.98.